The normalized spacial score (nSPS) is 15.0. The van der Waals surface area contributed by atoms with E-state index in [2.05, 4.69) is 0 Å². The minimum atomic E-state index is -0.0231. The fourth-order valence-corrected chi connectivity index (χ4v) is 0.288. The molecule has 1 unspecified atom stereocenters. The molecule has 3 nitrogen and oxygen atoms in total. The first-order valence-corrected chi connectivity index (χ1v) is 2.45. The lowest BCUT2D eigenvalue weighted by molar-refractivity contribution is 0.231. The summed E-state index contributed by atoms with van der Waals surface area (Å²) in [5, 5.41) is 1.57. The van der Waals surface area contributed by atoms with E-state index in [0.29, 0.717) is 0 Å². The van der Waals surface area contributed by atoms with Crippen molar-refractivity contribution in [3.63, 3.8) is 0 Å². The van der Waals surface area contributed by atoms with E-state index in [1.165, 1.54) is 0 Å². The molecule has 0 aliphatic rings. The van der Waals surface area contributed by atoms with Crippen molar-refractivity contribution in [2.75, 3.05) is 6.54 Å². The van der Waals surface area contributed by atoms with Crippen LogP contribution in [0.5, 0.6) is 0 Å². The zero-order chi connectivity index (χ0) is 5.86. The van der Waals surface area contributed by atoms with Gasteiger partial charge in [-0.1, -0.05) is 6.92 Å². The van der Waals surface area contributed by atoms with Crippen LogP contribution in [0.2, 0.25) is 0 Å². The molecule has 0 aromatic rings. The van der Waals surface area contributed by atoms with E-state index in [4.69, 9.17) is 11.6 Å². The Bertz CT molecular complexity index is 44.2. The Labute approximate surface area is 44.2 Å². The number of hydrogen-bond donors (Lipinski definition) is 2. The Morgan fingerprint density at radius 1 is 1.71 bits per heavy atom. The minimum Gasteiger partial charge on any atom is -0.315 e. The van der Waals surface area contributed by atoms with Gasteiger partial charge in [0.2, 0.25) is 0 Å². The molecule has 0 saturated heterocycles. The molecule has 0 heterocycles. The van der Waals surface area contributed by atoms with Crippen molar-refractivity contribution in [3.8, 4) is 0 Å². The molecular weight excluding hydrogens is 90.1 g/mol. The maximum absolute atomic E-state index is 5.35. The Morgan fingerprint density at radius 2 is 2.14 bits per heavy atom. The first-order chi connectivity index (χ1) is 3.18. The number of nitrogens with zero attached hydrogens (tertiary/aromatic N) is 1. The van der Waals surface area contributed by atoms with Gasteiger partial charge in [0.05, 0.1) is 6.17 Å². The van der Waals surface area contributed by atoms with Crippen molar-refractivity contribution >= 4 is 0 Å². The summed E-state index contributed by atoms with van der Waals surface area (Å²) in [5.41, 5.74) is 5.35. The molecule has 0 spiro atoms. The lowest BCUT2D eigenvalue weighted by atomic mass is 10.5. The number of nitrogens with two attached hydrogens (primary N) is 2. The molecule has 44 valence electrons. The first kappa shape index (κ1) is 6.88. The molecule has 0 aliphatic carbocycles. The van der Waals surface area contributed by atoms with Gasteiger partial charge in [0, 0.05) is 6.54 Å². The van der Waals surface area contributed by atoms with Crippen LogP contribution in [-0.4, -0.2) is 17.7 Å². The van der Waals surface area contributed by atoms with Crippen molar-refractivity contribution in [1.82, 2.24) is 5.01 Å². The SMILES string of the molecule is CCN(N)C(C)N. The van der Waals surface area contributed by atoms with Crippen LogP contribution in [0.4, 0.5) is 0 Å². The van der Waals surface area contributed by atoms with E-state index in [-0.39, 0.29) is 6.17 Å². The fraction of sp³-hybridized carbons (Fsp3) is 1.00. The summed E-state index contributed by atoms with van der Waals surface area (Å²) in [5.74, 6) is 5.32. The standard InChI is InChI=1S/C4H13N3/c1-3-7(6)4(2)5/h4H,3,5-6H2,1-2H3. The number of hydrogen-bond acceptors (Lipinski definition) is 3. The molecule has 7 heavy (non-hydrogen) atoms. The highest BCUT2D eigenvalue weighted by atomic mass is 15.4. The van der Waals surface area contributed by atoms with Crippen LogP contribution in [-0.2, 0) is 0 Å². The van der Waals surface area contributed by atoms with Crippen molar-refractivity contribution in [3.05, 3.63) is 0 Å². The molecule has 0 aromatic carbocycles. The minimum absolute atomic E-state index is 0.0231. The van der Waals surface area contributed by atoms with Crippen molar-refractivity contribution < 1.29 is 0 Å². The maximum Gasteiger partial charge on any atom is 0.0676 e. The molecule has 1 atom stereocenters. The van der Waals surface area contributed by atoms with E-state index in [1.807, 2.05) is 13.8 Å². The highest BCUT2D eigenvalue weighted by molar-refractivity contribution is 4.46. The summed E-state index contributed by atoms with van der Waals surface area (Å²) in [6.45, 7) is 4.62. The van der Waals surface area contributed by atoms with Gasteiger partial charge in [-0.25, -0.2) is 5.01 Å². The van der Waals surface area contributed by atoms with Crippen molar-refractivity contribution in [2.24, 2.45) is 11.6 Å². The van der Waals surface area contributed by atoms with Gasteiger partial charge in [0.25, 0.3) is 0 Å². The third-order valence-corrected chi connectivity index (χ3v) is 0.888. The van der Waals surface area contributed by atoms with Gasteiger partial charge in [-0.3, -0.25) is 5.84 Å². The quantitative estimate of drug-likeness (QED) is 0.281. The van der Waals surface area contributed by atoms with Gasteiger partial charge in [0.1, 0.15) is 0 Å². The lowest BCUT2D eigenvalue weighted by Crippen LogP contribution is -2.44. The third kappa shape index (κ3) is 2.56. The highest BCUT2D eigenvalue weighted by Crippen LogP contribution is 1.77. The summed E-state index contributed by atoms with van der Waals surface area (Å²) in [6, 6.07) is 0. The van der Waals surface area contributed by atoms with E-state index in [0.717, 1.165) is 6.54 Å². The van der Waals surface area contributed by atoms with Gasteiger partial charge in [0.15, 0.2) is 0 Å². The largest absolute Gasteiger partial charge is 0.315 e. The lowest BCUT2D eigenvalue weighted by Gasteiger charge is -2.16. The zero-order valence-electron chi connectivity index (χ0n) is 4.89. The van der Waals surface area contributed by atoms with Crippen molar-refractivity contribution in [2.45, 2.75) is 20.0 Å². The maximum atomic E-state index is 5.35. The molecule has 0 amide bonds. The molecule has 0 aliphatic heterocycles. The second-order valence-corrected chi connectivity index (χ2v) is 1.57. The smallest absolute Gasteiger partial charge is 0.0676 e. The Kier molecular flexibility index (Phi) is 2.91. The summed E-state index contributed by atoms with van der Waals surface area (Å²) in [4.78, 5) is 0. The van der Waals surface area contributed by atoms with Gasteiger partial charge >= 0.3 is 0 Å². The number of rotatable bonds is 2. The molecular formula is C4H13N3. The molecule has 0 radical (unpaired) electrons. The van der Waals surface area contributed by atoms with Gasteiger partial charge in [-0.2, -0.15) is 0 Å². The summed E-state index contributed by atoms with van der Waals surface area (Å²) >= 11 is 0. The Balaban J connectivity index is 3.14. The Hall–Kier alpha value is -0.120. The van der Waals surface area contributed by atoms with Crippen LogP contribution in [0.25, 0.3) is 0 Å². The van der Waals surface area contributed by atoms with Gasteiger partial charge in [-0.05, 0) is 6.92 Å². The molecule has 0 saturated carbocycles. The molecule has 0 fully saturated rings. The predicted molar refractivity (Wildman–Crippen MR) is 30.2 cm³/mol. The van der Waals surface area contributed by atoms with E-state index in [9.17, 15) is 0 Å². The monoisotopic (exact) mass is 103 g/mol. The van der Waals surface area contributed by atoms with E-state index >= 15 is 0 Å². The van der Waals surface area contributed by atoms with Crippen LogP contribution < -0.4 is 11.6 Å². The fourth-order valence-electron chi connectivity index (χ4n) is 0.288. The summed E-state index contributed by atoms with van der Waals surface area (Å²) in [7, 11) is 0. The zero-order valence-corrected chi connectivity index (χ0v) is 4.89. The average molecular weight is 103 g/mol. The molecule has 0 bridgehead atoms. The molecule has 3 heteroatoms. The number of hydrazine groups is 1. The van der Waals surface area contributed by atoms with E-state index in [1.54, 1.807) is 5.01 Å². The van der Waals surface area contributed by atoms with Gasteiger partial charge in [-0.15, -0.1) is 0 Å². The molecule has 4 N–H and O–H groups in total. The van der Waals surface area contributed by atoms with Crippen LogP contribution in [0.3, 0.4) is 0 Å². The van der Waals surface area contributed by atoms with Crippen LogP contribution in [0.1, 0.15) is 13.8 Å². The first-order valence-electron chi connectivity index (χ1n) is 2.45. The van der Waals surface area contributed by atoms with Crippen LogP contribution in [0, 0.1) is 0 Å². The molecule has 0 aromatic heterocycles. The molecule has 0 rings (SSSR count). The highest BCUT2D eigenvalue weighted by Gasteiger charge is 1.96. The van der Waals surface area contributed by atoms with Crippen LogP contribution >= 0.6 is 0 Å². The van der Waals surface area contributed by atoms with Gasteiger partial charge < -0.3 is 5.73 Å². The third-order valence-electron chi connectivity index (χ3n) is 0.888. The summed E-state index contributed by atoms with van der Waals surface area (Å²) in [6.07, 6.45) is -0.0231. The summed E-state index contributed by atoms with van der Waals surface area (Å²) < 4.78 is 0. The topological polar surface area (TPSA) is 55.3 Å². The average Bonchev–Trinajstić information content (AvgIpc) is 1.65. The second-order valence-electron chi connectivity index (χ2n) is 1.57. The van der Waals surface area contributed by atoms with E-state index < -0.39 is 0 Å². The van der Waals surface area contributed by atoms with Crippen molar-refractivity contribution in [1.29, 1.82) is 0 Å². The second kappa shape index (κ2) is 2.96. The Morgan fingerprint density at radius 3 is 2.14 bits per heavy atom. The predicted octanol–water partition coefficient (Wildman–Crippen LogP) is -0.513. The van der Waals surface area contributed by atoms with Crippen LogP contribution in [0.15, 0.2) is 0 Å².